The average molecular weight is 232 g/mol. The minimum Gasteiger partial charge on any atom is -0.490 e. The Morgan fingerprint density at radius 1 is 1.29 bits per heavy atom. The zero-order valence-corrected chi connectivity index (χ0v) is 10.7. The fraction of sp³-hybridized carbons (Fsp3) is 0.600. The molecule has 1 fully saturated rings. The maximum atomic E-state index is 5.96. The normalized spacial score (nSPS) is 18.2. The molecular formula is C15H22NO. The van der Waals surface area contributed by atoms with Crippen LogP contribution in [0.25, 0.3) is 0 Å². The van der Waals surface area contributed by atoms with Gasteiger partial charge in [-0.1, -0.05) is 25.5 Å². The van der Waals surface area contributed by atoms with Crippen molar-refractivity contribution in [1.82, 2.24) is 4.90 Å². The zero-order valence-electron chi connectivity index (χ0n) is 10.7. The number of benzene rings is 1. The van der Waals surface area contributed by atoms with Crippen LogP contribution in [0, 0.1) is 6.07 Å². The average Bonchev–Trinajstić information content (AvgIpc) is 2.39. The lowest BCUT2D eigenvalue weighted by Crippen LogP contribution is -2.38. The van der Waals surface area contributed by atoms with E-state index in [2.05, 4.69) is 17.9 Å². The Balaban J connectivity index is 1.72. The summed E-state index contributed by atoms with van der Waals surface area (Å²) in [5, 5.41) is 0. The second kappa shape index (κ2) is 6.65. The van der Waals surface area contributed by atoms with E-state index in [9.17, 15) is 0 Å². The molecule has 0 saturated carbocycles. The van der Waals surface area contributed by atoms with Crippen LogP contribution in [0.1, 0.15) is 32.6 Å². The van der Waals surface area contributed by atoms with Crippen LogP contribution < -0.4 is 4.74 Å². The van der Waals surface area contributed by atoms with Gasteiger partial charge in [0.05, 0.1) is 0 Å². The third-order valence-corrected chi connectivity index (χ3v) is 3.35. The molecule has 0 bridgehead atoms. The third-order valence-electron chi connectivity index (χ3n) is 3.35. The van der Waals surface area contributed by atoms with Gasteiger partial charge in [-0.05, 0) is 44.0 Å². The Morgan fingerprint density at radius 2 is 2.00 bits per heavy atom. The number of likely N-dealkylation sites (tertiary alicyclic amines) is 1. The van der Waals surface area contributed by atoms with E-state index in [-0.39, 0.29) is 0 Å². The van der Waals surface area contributed by atoms with Crippen molar-refractivity contribution < 1.29 is 4.74 Å². The van der Waals surface area contributed by atoms with Gasteiger partial charge < -0.3 is 9.64 Å². The molecule has 17 heavy (non-hydrogen) atoms. The predicted molar refractivity (Wildman–Crippen MR) is 70.3 cm³/mol. The second-order valence-corrected chi connectivity index (χ2v) is 4.75. The molecule has 0 atom stereocenters. The van der Waals surface area contributed by atoms with Crippen molar-refractivity contribution in [3.8, 4) is 5.75 Å². The fourth-order valence-corrected chi connectivity index (χ4v) is 2.28. The van der Waals surface area contributed by atoms with Gasteiger partial charge in [-0.2, -0.15) is 0 Å². The van der Waals surface area contributed by atoms with Crippen molar-refractivity contribution in [1.29, 1.82) is 0 Å². The molecule has 1 radical (unpaired) electrons. The van der Waals surface area contributed by atoms with Crippen LogP contribution in [0.3, 0.4) is 0 Å². The summed E-state index contributed by atoms with van der Waals surface area (Å²) in [7, 11) is 0. The largest absolute Gasteiger partial charge is 0.490 e. The highest BCUT2D eigenvalue weighted by Crippen LogP contribution is 2.18. The van der Waals surface area contributed by atoms with Gasteiger partial charge in [0.15, 0.2) is 0 Å². The fourth-order valence-electron chi connectivity index (χ4n) is 2.28. The number of hydrogen-bond acceptors (Lipinski definition) is 2. The molecule has 1 aliphatic heterocycles. The van der Waals surface area contributed by atoms with Crippen LogP contribution in [0.2, 0.25) is 0 Å². The summed E-state index contributed by atoms with van der Waals surface area (Å²) in [6, 6.07) is 10.8. The first-order valence-corrected chi connectivity index (χ1v) is 6.73. The van der Waals surface area contributed by atoms with Crippen LogP contribution in [0.4, 0.5) is 0 Å². The van der Waals surface area contributed by atoms with E-state index in [1.165, 1.54) is 32.5 Å². The van der Waals surface area contributed by atoms with E-state index in [0.29, 0.717) is 6.10 Å². The Labute approximate surface area is 105 Å². The molecule has 2 heteroatoms. The van der Waals surface area contributed by atoms with E-state index in [0.717, 1.165) is 18.6 Å². The first kappa shape index (κ1) is 12.4. The maximum absolute atomic E-state index is 5.96. The van der Waals surface area contributed by atoms with Crippen molar-refractivity contribution in [2.45, 2.75) is 38.7 Å². The van der Waals surface area contributed by atoms with Crippen molar-refractivity contribution in [3.63, 3.8) is 0 Å². The Kier molecular flexibility index (Phi) is 4.87. The van der Waals surface area contributed by atoms with Crippen molar-refractivity contribution >= 4 is 0 Å². The van der Waals surface area contributed by atoms with Crippen LogP contribution >= 0.6 is 0 Å². The number of nitrogens with zero attached hydrogens (tertiary/aromatic N) is 1. The zero-order chi connectivity index (χ0) is 11.9. The van der Waals surface area contributed by atoms with Gasteiger partial charge in [0.1, 0.15) is 11.9 Å². The first-order chi connectivity index (χ1) is 8.38. The number of unbranched alkanes of at least 4 members (excludes halogenated alkanes) is 1. The standard InChI is InChI=1S/C15H22NO/c1-2-3-11-16-12-9-15(10-13-16)17-14-7-5-4-6-8-14/h5-8,15H,2-3,9-13H2,1H3. The summed E-state index contributed by atoms with van der Waals surface area (Å²) in [6.45, 7) is 5.87. The molecule has 1 aromatic carbocycles. The molecule has 2 nitrogen and oxygen atoms in total. The molecule has 0 spiro atoms. The minimum atomic E-state index is 0.398. The van der Waals surface area contributed by atoms with E-state index >= 15 is 0 Å². The van der Waals surface area contributed by atoms with Gasteiger partial charge in [-0.15, -0.1) is 0 Å². The molecule has 93 valence electrons. The Morgan fingerprint density at radius 3 is 2.65 bits per heavy atom. The quantitative estimate of drug-likeness (QED) is 0.773. The molecule has 1 saturated heterocycles. The summed E-state index contributed by atoms with van der Waals surface area (Å²) in [5.41, 5.74) is 0. The summed E-state index contributed by atoms with van der Waals surface area (Å²) in [6.07, 6.45) is 5.32. The van der Waals surface area contributed by atoms with Gasteiger partial charge in [0.25, 0.3) is 0 Å². The van der Waals surface area contributed by atoms with Crippen LogP contribution in [0.5, 0.6) is 5.75 Å². The number of hydrogen-bond donors (Lipinski definition) is 0. The topological polar surface area (TPSA) is 12.5 Å². The molecule has 0 unspecified atom stereocenters. The number of piperidine rings is 1. The lowest BCUT2D eigenvalue weighted by atomic mass is 10.1. The highest BCUT2D eigenvalue weighted by Gasteiger charge is 2.19. The first-order valence-electron chi connectivity index (χ1n) is 6.73. The van der Waals surface area contributed by atoms with Crippen molar-refractivity contribution in [3.05, 3.63) is 30.3 Å². The molecule has 0 aliphatic carbocycles. The number of ether oxygens (including phenoxy) is 1. The highest BCUT2D eigenvalue weighted by atomic mass is 16.5. The van der Waals surface area contributed by atoms with E-state index in [4.69, 9.17) is 4.74 Å². The molecule has 1 aromatic rings. The second-order valence-electron chi connectivity index (χ2n) is 4.75. The monoisotopic (exact) mass is 232 g/mol. The summed E-state index contributed by atoms with van der Waals surface area (Å²) < 4.78 is 5.96. The molecular weight excluding hydrogens is 210 g/mol. The third kappa shape index (κ3) is 4.04. The van der Waals surface area contributed by atoms with E-state index < -0.39 is 0 Å². The van der Waals surface area contributed by atoms with Gasteiger partial charge in [0, 0.05) is 13.1 Å². The van der Waals surface area contributed by atoms with Gasteiger partial charge >= 0.3 is 0 Å². The van der Waals surface area contributed by atoms with Gasteiger partial charge in [0.2, 0.25) is 0 Å². The van der Waals surface area contributed by atoms with E-state index in [1.807, 2.05) is 24.3 Å². The molecule has 2 rings (SSSR count). The Hall–Kier alpha value is -1.02. The molecule has 0 amide bonds. The maximum Gasteiger partial charge on any atom is 0.119 e. The van der Waals surface area contributed by atoms with Crippen molar-refractivity contribution in [2.75, 3.05) is 19.6 Å². The molecule has 1 heterocycles. The van der Waals surface area contributed by atoms with Crippen LogP contribution in [-0.2, 0) is 0 Å². The number of rotatable bonds is 5. The van der Waals surface area contributed by atoms with Crippen LogP contribution in [-0.4, -0.2) is 30.6 Å². The summed E-state index contributed by atoms with van der Waals surface area (Å²) in [5.74, 6) is 0.982. The molecule has 0 N–H and O–H groups in total. The smallest absolute Gasteiger partial charge is 0.119 e. The Bertz CT molecular complexity index is 304. The highest BCUT2D eigenvalue weighted by molar-refractivity contribution is 5.20. The summed E-state index contributed by atoms with van der Waals surface area (Å²) in [4.78, 5) is 2.56. The van der Waals surface area contributed by atoms with Gasteiger partial charge in [-0.3, -0.25) is 0 Å². The van der Waals surface area contributed by atoms with Crippen molar-refractivity contribution in [2.24, 2.45) is 0 Å². The minimum absolute atomic E-state index is 0.398. The van der Waals surface area contributed by atoms with Crippen LogP contribution in [0.15, 0.2) is 24.3 Å². The molecule has 1 aliphatic rings. The molecule has 0 aromatic heterocycles. The lowest BCUT2D eigenvalue weighted by molar-refractivity contribution is 0.0998. The van der Waals surface area contributed by atoms with Gasteiger partial charge in [-0.25, -0.2) is 0 Å². The lowest BCUT2D eigenvalue weighted by Gasteiger charge is -2.32. The predicted octanol–water partition coefficient (Wildman–Crippen LogP) is 3.13. The SMILES string of the molecule is CCCCN1CCC(Oc2cc[c]cc2)CC1. The summed E-state index contributed by atoms with van der Waals surface area (Å²) >= 11 is 0. The van der Waals surface area contributed by atoms with E-state index in [1.54, 1.807) is 0 Å².